The minimum absolute atomic E-state index is 1.12. The highest BCUT2D eigenvalue weighted by Crippen LogP contribution is 2.27. The maximum Gasteiger partial charge on any atom is 0.0463 e. The molecule has 0 amide bonds. The van der Waals surface area contributed by atoms with Gasteiger partial charge in [0.1, 0.15) is 0 Å². The third-order valence-corrected chi connectivity index (χ3v) is 3.90. The molecule has 0 heterocycles. The van der Waals surface area contributed by atoms with Crippen molar-refractivity contribution in [2.24, 2.45) is 0 Å². The van der Waals surface area contributed by atoms with Gasteiger partial charge in [-0.25, -0.2) is 0 Å². The molecule has 0 saturated carbocycles. The topological polar surface area (TPSA) is 12.0 Å². The molecule has 0 fully saturated rings. The average Bonchev–Trinajstić information content (AvgIpc) is 2.48. The summed E-state index contributed by atoms with van der Waals surface area (Å²) in [6.45, 7) is 0. The van der Waals surface area contributed by atoms with Gasteiger partial charge in [-0.15, -0.1) is 11.8 Å². The zero-order chi connectivity index (χ0) is 13.1. The molecule has 3 rings (SSSR count). The smallest absolute Gasteiger partial charge is 0.0463 e. The Balaban J connectivity index is 1.96. The Bertz CT molecular complexity index is 684. The van der Waals surface area contributed by atoms with Crippen molar-refractivity contribution in [2.45, 2.75) is 4.90 Å². The number of fused-ring (bicyclic) bond motifs is 1. The first-order valence-corrected chi connectivity index (χ1v) is 7.48. The third-order valence-electron chi connectivity index (χ3n) is 3.16. The van der Waals surface area contributed by atoms with Crippen molar-refractivity contribution in [1.29, 1.82) is 0 Å². The van der Waals surface area contributed by atoms with Crippen LogP contribution >= 0.6 is 11.8 Å². The summed E-state index contributed by atoms with van der Waals surface area (Å²) in [6.07, 6.45) is 2.09. The monoisotopic (exact) mass is 265 g/mol. The number of rotatable bonds is 3. The highest BCUT2D eigenvalue weighted by atomic mass is 32.2. The van der Waals surface area contributed by atoms with E-state index >= 15 is 0 Å². The molecule has 0 aromatic heterocycles. The van der Waals surface area contributed by atoms with E-state index in [2.05, 4.69) is 78.3 Å². The van der Waals surface area contributed by atoms with E-state index in [1.54, 1.807) is 11.8 Å². The summed E-state index contributed by atoms with van der Waals surface area (Å²) in [5, 5.41) is 6.00. The van der Waals surface area contributed by atoms with Crippen LogP contribution in [0.15, 0.2) is 71.6 Å². The standard InChI is InChI=1S/C17H15NS/c1-19-15-11-9-14(10-12-15)18-17-8-4-6-13-5-2-3-7-16(13)17/h2-12,18H,1H3. The van der Waals surface area contributed by atoms with Crippen LogP contribution in [0.25, 0.3) is 10.8 Å². The molecule has 0 aliphatic carbocycles. The van der Waals surface area contributed by atoms with Gasteiger partial charge >= 0.3 is 0 Å². The maximum atomic E-state index is 3.49. The summed E-state index contributed by atoms with van der Waals surface area (Å²) < 4.78 is 0. The predicted molar refractivity (Wildman–Crippen MR) is 85.5 cm³/mol. The molecule has 1 nitrogen and oxygen atoms in total. The minimum Gasteiger partial charge on any atom is -0.355 e. The largest absolute Gasteiger partial charge is 0.355 e. The normalized spacial score (nSPS) is 10.6. The first-order valence-electron chi connectivity index (χ1n) is 6.26. The summed E-state index contributed by atoms with van der Waals surface area (Å²) in [5.41, 5.74) is 2.27. The fraction of sp³-hybridized carbons (Fsp3) is 0.0588. The second-order valence-corrected chi connectivity index (χ2v) is 5.26. The van der Waals surface area contributed by atoms with Gasteiger partial charge in [-0.1, -0.05) is 36.4 Å². The van der Waals surface area contributed by atoms with Gasteiger partial charge in [0.25, 0.3) is 0 Å². The Hall–Kier alpha value is -1.93. The Morgan fingerprint density at radius 2 is 1.53 bits per heavy atom. The van der Waals surface area contributed by atoms with Gasteiger partial charge in [0.15, 0.2) is 0 Å². The molecular weight excluding hydrogens is 250 g/mol. The van der Waals surface area contributed by atoms with Crippen LogP contribution in [-0.2, 0) is 0 Å². The van der Waals surface area contributed by atoms with Gasteiger partial charge in [0, 0.05) is 21.7 Å². The fourth-order valence-corrected chi connectivity index (χ4v) is 2.57. The summed E-state index contributed by atoms with van der Waals surface area (Å²) in [4.78, 5) is 1.28. The predicted octanol–water partition coefficient (Wildman–Crippen LogP) is 5.31. The summed E-state index contributed by atoms with van der Waals surface area (Å²) in [5.74, 6) is 0. The van der Waals surface area contributed by atoms with Crippen LogP contribution in [0, 0.1) is 0 Å². The highest BCUT2D eigenvalue weighted by molar-refractivity contribution is 7.98. The first kappa shape index (κ1) is 12.1. The third kappa shape index (κ3) is 2.59. The van der Waals surface area contributed by atoms with Crippen LogP contribution < -0.4 is 5.32 Å². The van der Waals surface area contributed by atoms with Crippen LogP contribution in [0.1, 0.15) is 0 Å². The Morgan fingerprint density at radius 3 is 2.32 bits per heavy atom. The van der Waals surface area contributed by atoms with Crippen molar-refractivity contribution in [3.8, 4) is 0 Å². The number of benzene rings is 3. The van der Waals surface area contributed by atoms with Gasteiger partial charge < -0.3 is 5.32 Å². The van der Waals surface area contributed by atoms with Crippen LogP contribution in [0.5, 0.6) is 0 Å². The van der Waals surface area contributed by atoms with Gasteiger partial charge in [-0.3, -0.25) is 0 Å². The van der Waals surface area contributed by atoms with E-state index in [-0.39, 0.29) is 0 Å². The van der Waals surface area contributed by atoms with Gasteiger partial charge in [-0.2, -0.15) is 0 Å². The Labute approximate surface area is 117 Å². The molecule has 19 heavy (non-hydrogen) atoms. The van der Waals surface area contributed by atoms with Crippen molar-refractivity contribution < 1.29 is 0 Å². The first-order chi connectivity index (χ1) is 9.36. The second kappa shape index (κ2) is 5.37. The molecule has 0 unspecified atom stereocenters. The second-order valence-electron chi connectivity index (χ2n) is 4.38. The van der Waals surface area contributed by atoms with Gasteiger partial charge in [-0.05, 0) is 42.0 Å². The Kier molecular flexibility index (Phi) is 3.43. The number of thioether (sulfide) groups is 1. The van der Waals surface area contributed by atoms with Crippen LogP contribution in [0.2, 0.25) is 0 Å². The minimum atomic E-state index is 1.12. The molecule has 1 N–H and O–H groups in total. The lowest BCUT2D eigenvalue weighted by molar-refractivity contribution is 1.45. The lowest BCUT2D eigenvalue weighted by Crippen LogP contribution is -1.91. The van der Waals surface area contributed by atoms with E-state index in [1.807, 2.05) is 0 Å². The number of hydrogen-bond acceptors (Lipinski definition) is 2. The number of anilines is 2. The molecular formula is C17H15NS. The number of nitrogens with one attached hydrogen (secondary N) is 1. The zero-order valence-corrected chi connectivity index (χ0v) is 11.6. The molecule has 0 radical (unpaired) electrons. The van der Waals surface area contributed by atoms with Crippen molar-refractivity contribution in [2.75, 3.05) is 11.6 Å². The van der Waals surface area contributed by atoms with E-state index in [1.165, 1.54) is 15.7 Å². The number of hydrogen-bond donors (Lipinski definition) is 1. The molecule has 0 bridgehead atoms. The van der Waals surface area contributed by atoms with E-state index in [4.69, 9.17) is 0 Å². The van der Waals surface area contributed by atoms with Crippen LogP contribution in [-0.4, -0.2) is 6.26 Å². The zero-order valence-electron chi connectivity index (χ0n) is 10.8. The molecule has 94 valence electrons. The molecule has 0 aliphatic heterocycles. The Morgan fingerprint density at radius 1 is 0.789 bits per heavy atom. The average molecular weight is 265 g/mol. The van der Waals surface area contributed by atoms with Gasteiger partial charge in [0.2, 0.25) is 0 Å². The SMILES string of the molecule is CSc1ccc(Nc2cccc3ccccc23)cc1. The van der Waals surface area contributed by atoms with E-state index in [9.17, 15) is 0 Å². The van der Waals surface area contributed by atoms with Crippen molar-refractivity contribution in [3.05, 3.63) is 66.7 Å². The van der Waals surface area contributed by atoms with E-state index < -0.39 is 0 Å². The fourth-order valence-electron chi connectivity index (χ4n) is 2.16. The van der Waals surface area contributed by atoms with Crippen molar-refractivity contribution >= 4 is 33.9 Å². The molecule has 0 spiro atoms. The molecule has 3 aromatic rings. The van der Waals surface area contributed by atoms with Gasteiger partial charge in [0.05, 0.1) is 0 Å². The lowest BCUT2D eigenvalue weighted by atomic mass is 10.1. The molecule has 0 aliphatic rings. The van der Waals surface area contributed by atoms with E-state index in [0.717, 1.165) is 11.4 Å². The molecule has 0 atom stereocenters. The van der Waals surface area contributed by atoms with Crippen LogP contribution in [0.4, 0.5) is 11.4 Å². The summed E-state index contributed by atoms with van der Waals surface area (Å²) >= 11 is 1.76. The van der Waals surface area contributed by atoms with Crippen molar-refractivity contribution in [3.63, 3.8) is 0 Å². The van der Waals surface area contributed by atoms with Crippen molar-refractivity contribution in [1.82, 2.24) is 0 Å². The van der Waals surface area contributed by atoms with E-state index in [0.29, 0.717) is 0 Å². The maximum absolute atomic E-state index is 3.49. The summed E-state index contributed by atoms with van der Waals surface area (Å²) in [7, 11) is 0. The summed E-state index contributed by atoms with van der Waals surface area (Å²) in [6, 6.07) is 23.3. The highest BCUT2D eigenvalue weighted by Gasteiger charge is 2.00. The molecule has 3 aromatic carbocycles. The molecule has 2 heteroatoms. The molecule has 0 saturated heterocycles. The lowest BCUT2D eigenvalue weighted by Gasteiger charge is -2.10. The quantitative estimate of drug-likeness (QED) is 0.644. The van der Waals surface area contributed by atoms with Crippen LogP contribution in [0.3, 0.4) is 0 Å².